The molecule has 1 aliphatic heterocycles. The lowest BCUT2D eigenvalue weighted by Gasteiger charge is -2.35. The number of hydrogen-bond acceptors (Lipinski definition) is 6. The quantitative estimate of drug-likeness (QED) is 0.140. The first-order chi connectivity index (χ1) is 17.4. The van der Waals surface area contributed by atoms with Crippen LogP contribution in [-0.4, -0.2) is 42.2 Å². The van der Waals surface area contributed by atoms with Crippen LogP contribution in [-0.2, 0) is 14.3 Å². The van der Waals surface area contributed by atoms with Crippen molar-refractivity contribution in [3.63, 3.8) is 0 Å². The molecule has 1 aromatic rings. The van der Waals surface area contributed by atoms with Gasteiger partial charge in [0.1, 0.15) is 11.9 Å². The van der Waals surface area contributed by atoms with E-state index in [1.54, 1.807) is 31.2 Å². The second-order valence-corrected chi connectivity index (χ2v) is 10.2. The van der Waals surface area contributed by atoms with E-state index < -0.39 is 0 Å². The van der Waals surface area contributed by atoms with Crippen LogP contribution in [0, 0.1) is 0 Å². The van der Waals surface area contributed by atoms with E-state index in [9.17, 15) is 14.7 Å². The summed E-state index contributed by atoms with van der Waals surface area (Å²) >= 11 is 0. The Morgan fingerprint density at radius 3 is 2.25 bits per heavy atom. The molecule has 1 saturated heterocycles. The number of ketones is 1. The van der Waals surface area contributed by atoms with Gasteiger partial charge in [0.2, 0.25) is 0 Å². The lowest BCUT2D eigenvalue weighted by atomic mass is 9.93. The maximum Gasteiger partial charge on any atom is 0.331 e. The SMILES string of the molecule is COc1cc(C=CC(=O)O[C@@H]2CC[C@H](CCCCCCCCCCCCC(C)=O)N[C@H]2C)ccc1O. The van der Waals surface area contributed by atoms with Crippen LogP contribution in [0.5, 0.6) is 11.5 Å². The van der Waals surface area contributed by atoms with E-state index in [0.717, 1.165) is 31.2 Å². The van der Waals surface area contributed by atoms with E-state index in [0.29, 0.717) is 17.6 Å². The first-order valence-corrected chi connectivity index (χ1v) is 13.9. The van der Waals surface area contributed by atoms with Gasteiger partial charge in [0.15, 0.2) is 11.5 Å². The van der Waals surface area contributed by atoms with Gasteiger partial charge in [-0.2, -0.15) is 0 Å². The van der Waals surface area contributed by atoms with Gasteiger partial charge in [-0.15, -0.1) is 0 Å². The zero-order valence-electron chi connectivity index (χ0n) is 22.6. The fourth-order valence-corrected chi connectivity index (χ4v) is 4.90. The Balaban J connectivity index is 1.52. The summed E-state index contributed by atoms with van der Waals surface area (Å²) in [4.78, 5) is 23.2. The lowest BCUT2D eigenvalue weighted by molar-refractivity contribution is -0.145. The van der Waals surface area contributed by atoms with Crippen molar-refractivity contribution < 1.29 is 24.2 Å². The Kier molecular flexibility index (Phi) is 14.3. The van der Waals surface area contributed by atoms with Crippen molar-refractivity contribution in [1.29, 1.82) is 0 Å². The van der Waals surface area contributed by atoms with Crippen molar-refractivity contribution in [3.05, 3.63) is 29.8 Å². The Hall–Kier alpha value is -2.34. The van der Waals surface area contributed by atoms with Gasteiger partial charge in [0.05, 0.1) is 7.11 Å². The molecule has 1 fully saturated rings. The van der Waals surface area contributed by atoms with Crippen molar-refractivity contribution >= 4 is 17.8 Å². The smallest absolute Gasteiger partial charge is 0.331 e. The molecule has 1 aromatic carbocycles. The van der Waals surface area contributed by atoms with Crippen LogP contribution in [0.4, 0.5) is 0 Å². The topological polar surface area (TPSA) is 84.9 Å². The van der Waals surface area contributed by atoms with Crippen LogP contribution in [0.15, 0.2) is 24.3 Å². The molecule has 0 bridgehead atoms. The molecule has 0 unspecified atom stereocenters. The second-order valence-electron chi connectivity index (χ2n) is 10.2. The fraction of sp³-hybridized carbons (Fsp3) is 0.667. The van der Waals surface area contributed by atoms with E-state index in [2.05, 4.69) is 12.2 Å². The van der Waals surface area contributed by atoms with Crippen LogP contribution in [0.2, 0.25) is 0 Å². The van der Waals surface area contributed by atoms with Gasteiger partial charge in [-0.3, -0.25) is 0 Å². The predicted molar refractivity (Wildman–Crippen MR) is 145 cm³/mol. The molecule has 2 rings (SSSR count). The number of methoxy groups -OCH3 is 1. The highest BCUT2D eigenvalue weighted by molar-refractivity contribution is 5.87. The molecule has 3 atom stereocenters. The molecule has 1 aliphatic rings. The highest BCUT2D eigenvalue weighted by Gasteiger charge is 2.28. The zero-order chi connectivity index (χ0) is 26.2. The first kappa shape index (κ1) is 29.9. The van der Waals surface area contributed by atoms with Crippen molar-refractivity contribution in [3.8, 4) is 11.5 Å². The minimum Gasteiger partial charge on any atom is -0.504 e. The molecule has 6 nitrogen and oxygen atoms in total. The summed E-state index contributed by atoms with van der Waals surface area (Å²) < 4.78 is 10.8. The molecule has 0 aromatic heterocycles. The molecule has 36 heavy (non-hydrogen) atoms. The molecule has 202 valence electrons. The maximum atomic E-state index is 12.3. The van der Waals surface area contributed by atoms with Gasteiger partial charge >= 0.3 is 5.97 Å². The normalized spacial score (nSPS) is 19.9. The summed E-state index contributed by atoms with van der Waals surface area (Å²) in [5, 5.41) is 13.3. The maximum absolute atomic E-state index is 12.3. The zero-order valence-corrected chi connectivity index (χ0v) is 22.6. The average molecular weight is 502 g/mol. The molecule has 6 heteroatoms. The third-order valence-electron chi connectivity index (χ3n) is 7.07. The number of carbonyl (C=O) groups excluding carboxylic acids is 2. The summed E-state index contributed by atoms with van der Waals surface area (Å²) in [7, 11) is 1.49. The van der Waals surface area contributed by atoms with Crippen molar-refractivity contribution in [2.24, 2.45) is 0 Å². The van der Waals surface area contributed by atoms with E-state index in [4.69, 9.17) is 9.47 Å². The number of unbranched alkanes of at least 4 members (excludes halogenated alkanes) is 9. The van der Waals surface area contributed by atoms with E-state index in [-0.39, 0.29) is 23.9 Å². The van der Waals surface area contributed by atoms with Crippen LogP contribution in [0.25, 0.3) is 6.08 Å². The highest BCUT2D eigenvalue weighted by Crippen LogP contribution is 2.27. The first-order valence-electron chi connectivity index (χ1n) is 13.9. The number of phenolic OH excluding ortho intramolecular Hbond substituents is 1. The van der Waals surface area contributed by atoms with Crippen LogP contribution >= 0.6 is 0 Å². The number of Topliss-reactive ketones (excluding diaryl/α,β-unsaturated/α-hetero) is 1. The number of ether oxygens (including phenoxy) is 2. The Morgan fingerprint density at radius 2 is 1.64 bits per heavy atom. The molecule has 0 radical (unpaired) electrons. The number of piperidine rings is 1. The van der Waals surface area contributed by atoms with Gasteiger partial charge in [-0.25, -0.2) is 4.79 Å². The summed E-state index contributed by atoms with van der Waals surface area (Å²) in [5.74, 6) is 0.401. The highest BCUT2D eigenvalue weighted by atomic mass is 16.5. The van der Waals surface area contributed by atoms with Gasteiger partial charge in [-0.1, -0.05) is 63.9 Å². The lowest BCUT2D eigenvalue weighted by Crippen LogP contribution is -2.50. The summed E-state index contributed by atoms with van der Waals surface area (Å²) in [6.45, 7) is 3.78. The van der Waals surface area contributed by atoms with Crippen LogP contribution in [0.1, 0.15) is 109 Å². The second kappa shape index (κ2) is 17.2. The van der Waals surface area contributed by atoms with Gasteiger partial charge in [-0.05, 0) is 63.3 Å². The number of benzene rings is 1. The van der Waals surface area contributed by atoms with Crippen LogP contribution in [0.3, 0.4) is 0 Å². The van der Waals surface area contributed by atoms with Crippen molar-refractivity contribution in [2.45, 2.75) is 122 Å². The van der Waals surface area contributed by atoms with Crippen molar-refractivity contribution in [1.82, 2.24) is 5.32 Å². The van der Waals surface area contributed by atoms with Gasteiger partial charge in [0, 0.05) is 24.6 Å². The third kappa shape index (κ3) is 12.1. The Bertz CT molecular complexity index is 822. The number of carbonyl (C=O) groups is 2. The average Bonchev–Trinajstić information content (AvgIpc) is 2.85. The summed E-state index contributed by atoms with van der Waals surface area (Å²) in [6.07, 6.45) is 19.5. The number of nitrogens with one attached hydrogen (secondary N) is 1. The predicted octanol–water partition coefficient (Wildman–Crippen LogP) is 6.74. The fourth-order valence-electron chi connectivity index (χ4n) is 4.90. The summed E-state index contributed by atoms with van der Waals surface area (Å²) in [6, 6.07) is 5.58. The number of aromatic hydroxyl groups is 1. The number of hydrogen-bond donors (Lipinski definition) is 2. The van der Waals surface area contributed by atoms with Crippen LogP contribution < -0.4 is 10.1 Å². The van der Waals surface area contributed by atoms with E-state index >= 15 is 0 Å². The van der Waals surface area contributed by atoms with E-state index in [1.165, 1.54) is 77.4 Å². The Labute approximate surface area is 217 Å². The number of phenols is 1. The number of rotatable bonds is 17. The third-order valence-corrected chi connectivity index (χ3v) is 7.07. The van der Waals surface area contributed by atoms with Gasteiger partial charge in [0.25, 0.3) is 0 Å². The molecular formula is C30H47NO5. The molecule has 2 N–H and O–H groups in total. The monoisotopic (exact) mass is 501 g/mol. The van der Waals surface area contributed by atoms with E-state index in [1.807, 2.05) is 0 Å². The Morgan fingerprint density at radius 1 is 1.00 bits per heavy atom. The molecule has 0 spiro atoms. The molecule has 1 heterocycles. The summed E-state index contributed by atoms with van der Waals surface area (Å²) in [5.41, 5.74) is 0.762. The number of esters is 1. The standard InChI is InChI=1S/C30H47NO5/c1-23(32)14-12-10-8-6-4-5-7-9-11-13-15-26-18-20-28(24(2)31-26)36-30(34)21-17-25-16-19-27(33)29(22-25)35-3/h16-17,19,21-22,24,26,28,31,33H,4-15,18,20H2,1-3H3/t24-,26-,28+/m0/s1. The minimum absolute atomic E-state index is 0.0681. The van der Waals surface area contributed by atoms with Crippen molar-refractivity contribution in [2.75, 3.05) is 7.11 Å². The molecule has 0 aliphatic carbocycles. The van der Waals surface area contributed by atoms with Gasteiger partial charge < -0.3 is 24.7 Å². The molecule has 0 amide bonds. The minimum atomic E-state index is -0.352. The molecule has 0 saturated carbocycles. The molecular weight excluding hydrogens is 454 g/mol. The largest absolute Gasteiger partial charge is 0.504 e.